The monoisotopic (exact) mass is 270 g/mol. The number of piperidine rings is 1. The van der Waals surface area contributed by atoms with Crippen molar-refractivity contribution in [2.45, 2.75) is 31.8 Å². The van der Waals surface area contributed by atoms with Crippen LogP contribution >= 0.6 is 0 Å². The van der Waals surface area contributed by atoms with Gasteiger partial charge in [-0.2, -0.15) is 0 Å². The standard InChI is InChI=1S/C14H26N2O3/c1-18-14(17)11-13-12-16(9-10-19-13)8-7-15-5-3-2-4-6-15/h13H,2-12H2,1H3/t13-/m0/s1. The van der Waals surface area contributed by atoms with Gasteiger partial charge in [0, 0.05) is 26.2 Å². The molecule has 2 fully saturated rings. The lowest BCUT2D eigenvalue weighted by Gasteiger charge is -2.34. The third-order valence-electron chi connectivity index (χ3n) is 4.03. The zero-order chi connectivity index (χ0) is 13.5. The Morgan fingerprint density at radius 2 is 1.89 bits per heavy atom. The number of carbonyl (C=O) groups excluding carboxylic acids is 1. The second-order valence-electron chi connectivity index (χ2n) is 5.48. The van der Waals surface area contributed by atoms with Gasteiger partial charge in [0.15, 0.2) is 0 Å². The second-order valence-corrected chi connectivity index (χ2v) is 5.48. The predicted octanol–water partition coefficient (Wildman–Crippen LogP) is 0.736. The van der Waals surface area contributed by atoms with Crippen LogP contribution in [0, 0.1) is 0 Å². The second kappa shape index (κ2) is 7.82. The van der Waals surface area contributed by atoms with Crippen molar-refractivity contribution in [3.8, 4) is 0 Å². The number of esters is 1. The van der Waals surface area contributed by atoms with Crippen molar-refractivity contribution in [2.75, 3.05) is 53.0 Å². The first-order valence-corrected chi connectivity index (χ1v) is 7.41. The Hall–Kier alpha value is -0.650. The van der Waals surface area contributed by atoms with Gasteiger partial charge in [0.1, 0.15) is 0 Å². The van der Waals surface area contributed by atoms with Gasteiger partial charge in [0.25, 0.3) is 0 Å². The van der Waals surface area contributed by atoms with Crippen LogP contribution in [-0.4, -0.2) is 74.9 Å². The van der Waals surface area contributed by atoms with Gasteiger partial charge in [0.05, 0.1) is 26.2 Å². The highest BCUT2D eigenvalue weighted by Crippen LogP contribution is 2.11. The zero-order valence-electron chi connectivity index (χ0n) is 12.0. The molecule has 0 unspecified atom stereocenters. The number of nitrogens with zero attached hydrogens (tertiary/aromatic N) is 2. The fourth-order valence-corrected chi connectivity index (χ4v) is 2.84. The van der Waals surface area contributed by atoms with Crippen molar-refractivity contribution in [2.24, 2.45) is 0 Å². The van der Waals surface area contributed by atoms with E-state index in [1.807, 2.05) is 0 Å². The third-order valence-corrected chi connectivity index (χ3v) is 4.03. The lowest BCUT2D eigenvalue weighted by Crippen LogP contribution is -2.46. The van der Waals surface area contributed by atoms with E-state index in [9.17, 15) is 4.79 Å². The minimum absolute atomic E-state index is 0.00237. The number of hydrogen-bond acceptors (Lipinski definition) is 5. The SMILES string of the molecule is COC(=O)C[C@H]1CN(CCN2CCCCC2)CCO1. The van der Waals surface area contributed by atoms with Crippen LogP contribution in [0.2, 0.25) is 0 Å². The van der Waals surface area contributed by atoms with Gasteiger partial charge < -0.3 is 14.4 Å². The molecule has 2 rings (SSSR count). The van der Waals surface area contributed by atoms with Crippen LogP contribution in [0.4, 0.5) is 0 Å². The summed E-state index contributed by atoms with van der Waals surface area (Å²) >= 11 is 0. The molecule has 0 spiro atoms. The quantitative estimate of drug-likeness (QED) is 0.689. The van der Waals surface area contributed by atoms with Crippen molar-refractivity contribution in [1.82, 2.24) is 9.80 Å². The highest BCUT2D eigenvalue weighted by molar-refractivity contribution is 5.69. The van der Waals surface area contributed by atoms with Gasteiger partial charge in [-0.05, 0) is 25.9 Å². The molecule has 2 aliphatic rings. The van der Waals surface area contributed by atoms with E-state index < -0.39 is 0 Å². The van der Waals surface area contributed by atoms with Crippen LogP contribution in [0.5, 0.6) is 0 Å². The Morgan fingerprint density at radius 1 is 1.16 bits per heavy atom. The Bertz CT molecular complexity index is 280. The van der Waals surface area contributed by atoms with E-state index in [1.165, 1.54) is 39.5 Å². The van der Waals surface area contributed by atoms with Crippen LogP contribution in [0.15, 0.2) is 0 Å². The number of likely N-dealkylation sites (tertiary alicyclic amines) is 1. The zero-order valence-corrected chi connectivity index (χ0v) is 12.0. The maximum Gasteiger partial charge on any atom is 0.308 e. The number of hydrogen-bond donors (Lipinski definition) is 0. The van der Waals surface area contributed by atoms with Crippen molar-refractivity contribution in [1.29, 1.82) is 0 Å². The normalized spacial score (nSPS) is 26.3. The molecule has 0 aromatic carbocycles. The summed E-state index contributed by atoms with van der Waals surface area (Å²) in [4.78, 5) is 16.2. The molecule has 2 aliphatic heterocycles. The highest BCUT2D eigenvalue weighted by Gasteiger charge is 2.23. The maximum atomic E-state index is 11.3. The summed E-state index contributed by atoms with van der Waals surface area (Å²) in [5, 5.41) is 0. The van der Waals surface area contributed by atoms with Crippen LogP contribution < -0.4 is 0 Å². The molecular formula is C14H26N2O3. The van der Waals surface area contributed by atoms with E-state index in [2.05, 4.69) is 9.80 Å². The Kier molecular flexibility index (Phi) is 6.07. The summed E-state index contributed by atoms with van der Waals surface area (Å²) in [6, 6.07) is 0. The smallest absolute Gasteiger partial charge is 0.308 e. The summed E-state index contributed by atoms with van der Waals surface area (Å²) in [5.74, 6) is -0.178. The Balaban J connectivity index is 1.67. The van der Waals surface area contributed by atoms with Gasteiger partial charge in [-0.3, -0.25) is 9.69 Å². The van der Waals surface area contributed by atoms with E-state index in [-0.39, 0.29) is 12.1 Å². The fourth-order valence-electron chi connectivity index (χ4n) is 2.84. The van der Waals surface area contributed by atoms with Gasteiger partial charge in [-0.1, -0.05) is 6.42 Å². The predicted molar refractivity (Wildman–Crippen MR) is 73.1 cm³/mol. The molecule has 19 heavy (non-hydrogen) atoms. The van der Waals surface area contributed by atoms with Gasteiger partial charge >= 0.3 is 5.97 Å². The summed E-state index contributed by atoms with van der Waals surface area (Å²) in [6.45, 7) is 7.27. The van der Waals surface area contributed by atoms with E-state index in [0.717, 1.165) is 32.8 Å². The first-order chi connectivity index (χ1) is 9.28. The molecule has 0 aromatic heterocycles. The molecule has 1 atom stereocenters. The fraction of sp³-hybridized carbons (Fsp3) is 0.929. The van der Waals surface area contributed by atoms with Gasteiger partial charge in [-0.15, -0.1) is 0 Å². The Labute approximate surface area is 115 Å². The number of rotatable bonds is 5. The van der Waals surface area contributed by atoms with Crippen LogP contribution in [0.25, 0.3) is 0 Å². The number of carbonyl (C=O) groups is 1. The number of morpholine rings is 1. The minimum Gasteiger partial charge on any atom is -0.469 e. The molecular weight excluding hydrogens is 244 g/mol. The molecule has 0 amide bonds. The third kappa shape index (κ3) is 5.09. The molecule has 0 aliphatic carbocycles. The van der Waals surface area contributed by atoms with Crippen molar-refractivity contribution in [3.63, 3.8) is 0 Å². The average molecular weight is 270 g/mol. The molecule has 110 valence electrons. The molecule has 0 N–H and O–H groups in total. The minimum atomic E-state index is -0.178. The lowest BCUT2D eigenvalue weighted by atomic mass is 10.1. The lowest BCUT2D eigenvalue weighted by molar-refractivity contribution is -0.145. The number of ether oxygens (including phenoxy) is 2. The van der Waals surface area contributed by atoms with Gasteiger partial charge in [-0.25, -0.2) is 0 Å². The van der Waals surface area contributed by atoms with Gasteiger partial charge in [0.2, 0.25) is 0 Å². The summed E-state index contributed by atoms with van der Waals surface area (Å²) in [6.07, 6.45) is 4.44. The molecule has 0 aromatic rings. The topological polar surface area (TPSA) is 42.0 Å². The summed E-state index contributed by atoms with van der Waals surface area (Å²) in [5.41, 5.74) is 0. The molecule has 0 radical (unpaired) electrons. The van der Waals surface area contributed by atoms with Crippen molar-refractivity contribution < 1.29 is 14.3 Å². The van der Waals surface area contributed by atoms with Crippen LogP contribution in [0.1, 0.15) is 25.7 Å². The summed E-state index contributed by atoms with van der Waals surface area (Å²) in [7, 11) is 1.43. The largest absolute Gasteiger partial charge is 0.469 e. The van der Waals surface area contributed by atoms with Crippen molar-refractivity contribution in [3.05, 3.63) is 0 Å². The molecule has 2 heterocycles. The first-order valence-electron chi connectivity index (χ1n) is 7.41. The average Bonchev–Trinajstić information content (AvgIpc) is 2.46. The molecule has 2 saturated heterocycles. The van der Waals surface area contributed by atoms with E-state index >= 15 is 0 Å². The van der Waals surface area contributed by atoms with E-state index in [1.54, 1.807) is 0 Å². The van der Waals surface area contributed by atoms with Crippen LogP contribution in [-0.2, 0) is 14.3 Å². The molecule has 0 saturated carbocycles. The first kappa shape index (κ1) is 14.8. The molecule has 5 nitrogen and oxygen atoms in total. The van der Waals surface area contributed by atoms with E-state index in [4.69, 9.17) is 9.47 Å². The molecule has 0 bridgehead atoms. The van der Waals surface area contributed by atoms with E-state index in [0.29, 0.717) is 6.42 Å². The summed E-state index contributed by atoms with van der Waals surface area (Å²) < 4.78 is 10.3. The van der Waals surface area contributed by atoms with Crippen molar-refractivity contribution >= 4 is 5.97 Å². The van der Waals surface area contributed by atoms with Crippen LogP contribution in [0.3, 0.4) is 0 Å². The Morgan fingerprint density at radius 3 is 2.63 bits per heavy atom. The number of methoxy groups -OCH3 is 1. The molecule has 5 heteroatoms. The maximum absolute atomic E-state index is 11.3. The highest BCUT2D eigenvalue weighted by atomic mass is 16.5.